The average Bonchev–Trinajstić information content (AvgIpc) is 2.13. The highest BCUT2D eigenvalue weighted by Crippen LogP contribution is 2.32. The minimum absolute atomic E-state index is 0.0423. The van der Waals surface area contributed by atoms with E-state index in [9.17, 15) is 14.3 Å². The van der Waals surface area contributed by atoms with Crippen molar-refractivity contribution in [3.05, 3.63) is 29.1 Å². The van der Waals surface area contributed by atoms with E-state index >= 15 is 0 Å². The third kappa shape index (κ3) is 1.92. The Hall–Kier alpha value is -1.38. The third-order valence-electron chi connectivity index (χ3n) is 2.31. The van der Waals surface area contributed by atoms with Crippen LogP contribution in [-0.4, -0.2) is 11.4 Å². The molecule has 0 bridgehead atoms. The molecule has 0 heterocycles. The zero-order valence-corrected chi connectivity index (χ0v) is 8.25. The summed E-state index contributed by atoms with van der Waals surface area (Å²) in [6.07, 6.45) is 0.944. The summed E-state index contributed by atoms with van der Waals surface area (Å²) in [7, 11) is 0. The highest BCUT2D eigenvalue weighted by Gasteiger charge is 2.16. The quantitative estimate of drug-likeness (QED) is 0.754. The van der Waals surface area contributed by atoms with Crippen molar-refractivity contribution in [3.63, 3.8) is 0 Å². The SMILES string of the molecule is Cc1ccc(F)c(C(C)CC=O)c1O. The number of phenols is 1. The van der Waals surface area contributed by atoms with E-state index in [4.69, 9.17) is 0 Å². The smallest absolute Gasteiger partial charge is 0.130 e. The Morgan fingerprint density at radius 1 is 1.57 bits per heavy atom. The van der Waals surface area contributed by atoms with Gasteiger partial charge in [0.05, 0.1) is 0 Å². The van der Waals surface area contributed by atoms with Gasteiger partial charge in [-0.1, -0.05) is 13.0 Å². The van der Waals surface area contributed by atoms with Crippen molar-refractivity contribution in [2.75, 3.05) is 0 Å². The first kappa shape index (κ1) is 10.7. The molecule has 0 spiro atoms. The average molecular weight is 196 g/mol. The van der Waals surface area contributed by atoms with Crippen molar-refractivity contribution in [1.82, 2.24) is 0 Å². The first-order valence-electron chi connectivity index (χ1n) is 4.49. The van der Waals surface area contributed by atoms with Crippen LogP contribution in [0.15, 0.2) is 12.1 Å². The maximum absolute atomic E-state index is 13.3. The normalized spacial score (nSPS) is 12.5. The maximum atomic E-state index is 13.3. The van der Waals surface area contributed by atoms with Gasteiger partial charge in [0.1, 0.15) is 17.9 Å². The van der Waals surface area contributed by atoms with Gasteiger partial charge in [-0.2, -0.15) is 0 Å². The van der Waals surface area contributed by atoms with Gasteiger partial charge in [-0.25, -0.2) is 4.39 Å². The number of benzene rings is 1. The monoisotopic (exact) mass is 196 g/mol. The predicted octanol–water partition coefficient (Wildman–Crippen LogP) is 2.53. The molecule has 1 atom stereocenters. The number of aryl methyl sites for hydroxylation is 1. The van der Waals surface area contributed by atoms with Gasteiger partial charge in [-0.3, -0.25) is 0 Å². The standard InChI is InChI=1S/C11H13FO2/c1-7(5-6-13)10-9(12)4-3-8(2)11(10)14/h3-4,6-7,14H,5H2,1-2H3. The summed E-state index contributed by atoms with van der Waals surface area (Å²) in [4.78, 5) is 10.3. The zero-order valence-electron chi connectivity index (χ0n) is 8.25. The number of aromatic hydroxyl groups is 1. The summed E-state index contributed by atoms with van der Waals surface area (Å²) >= 11 is 0. The third-order valence-corrected chi connectivity index (χ3v) is 2.31. The summed E-state index contributed by atoms with van der Waals surface area (Å²) in [5.74, 6) is -0.783. The van der Waals surface area contributed by atoms with Gasteiger partial charge in [0.2, 0.25) is 0 Å². The molecule has 0 aliphatic heterocycles. The van der Waals surface area contributed by atoms with Crippen LogP contribution in [0.25, 0.3) is 0 Å². The molecule has 76 valence electrons. The highest BCUT2D eigenvalue weighted by atomic mass is 19.1. The predicted molar refractivity (Wildman–Crippen MR) is 51.9 cm³/mol. The van der Waals surface area contributed by atoms with Crippen molar-refractivity contribution in [2.24, 2.45) is 0 Å². The minimum Gasteiger partial charge on any atom is -0.507 e. The second-order valence-corrected chi connectivity index (χ2v) is 3.43. The Bertz CT molecular complexity index is 347. The van der Waals surface area contributed by atoms with Crippen LogP contribution >= 0.6 is 0 Å². The molecule has 1 unspecified atom stereocenters. The van der Waals surface area contributed by atoms with Crippen LogP contribution in [0, 0.1) is 12.7 Å². The number of carbonyl (C=O) groups is 1. The summed E-state index contributed by atoms with van der Waals surface area (Å²) in [6.45, 7) is 3.41. The molecular formula is C11H13FO2. The Kier molecular flexibility index (Phi) is 3.23. The van der Waals surface area contributed by atoms with Crippen LogP contribution in [0.3, 0.4) is 0 Å². The molecule has 1 aromatic carbocycles. The fourth-order valence-corrected chi connectivity index (χ4v) is 1.42. The lowest BCUT2D eigenvalue weighted by atomic mass is 9.95. The van der Waals surface area contributed by atoms with Crippen LogP contribution in [-0.2, 0) is 4.79 Å². The number of halogens is 1. The van der Waals surface area contributed by atoms with Gasteiger partial charge in [0, 0.05) is 12.0 Å². The van der Waals surface area contributed by atoms with Crippen LogP contribution in [0.2, 0.25) is 0 Å². The van der Waals surface area contributed by atoms with Crippen molar-refractivity contribution in [3.8, 4) is 5.75 Å². The van der Waals surface area contributed by atoms with Gasteiger partial charge < -0.3 is 9.90 Å². The number of hydrogen-bond donors (Lipinski definition) is 1. The highest BCUT2D eigenvalue weighted by molar-refractivity contribution is 5.53. The van der Waals surface area contributed by atoms with Crippen molar-refractivity contribution in [1.29, 1.82) is 0 Å². The van der Waals surface area contributed by atoms with E-state index in [0.29, 0.717) is 5.56 Å². The Morgan fingerprint density at radius 3 is 2.79 bits per heavy atom. The number of phenolic OH excluding ortho intramolecular Hbond substituents is 1. The second kappa shape index (κ2) is 4.22. The van der Waals surface area contributed by atoms with E-state index in [2.05, 4.69) is 0 Å². The van der Waals surface area contributed by atoms with Crippen LogP contribution in [0.1, 0.15) is 30.4 Å². The van der Waals surface area contributed by atoms with Gasteiger partial charge >= 0.3 is 0 Å². The fraction of sp³-hybridized carbons (Fsp3) is 0.364. The maximum Gasteiger partial charge on any atom is 0.130 e. The topological polar surface area (TPSA) is 37.3 Å². The Morgan fingerprint density at radius 2 is 2.21 bits per heavy atom. The first-order chi connectivity index (χ1) is 6.57. The number of hydrogen-bond acceptors (Lipinski definition) is 2. The number of carbonyl (C=O) groups excluding carboxylic acids is 1. The van der Waals surface area contributed by atoms with E-state index < -0.39 is 5.82 Å². The van der Waals surface area contributed by atoms with E-state index in [1.807, 2.05) is 0 Å². The summed E-state index contributed by atoms with van der Waals surface area (Å²) < 4.78 is 13.3. The molecule has 0 amide bonds. The Labute approximate surface area is 82.4 Å². The van der Waals surface area contributed by atoms with Gasteiger partial charge in [-0.15, -0.1) is 0 Å². The van der Waals surface area contributed by atoms with E-state index in [-0.39, 0.29) is 23.7 Å². The van der Waals surface area contributed by atoms with Crippen molar-refractivity contribution in [2.45, 2.75) is 26.2 Å². The molecule has 0 fully saturated rings. The molecule has 3 heteroatoms. The van der Waals surface area contributed by atoms with Gasteiger partial charge in [-0.05, 0) is 24.5 Å². The first-order valence-corrected chi connectivity index (χ1v) is 4.49. The number of rotatable bonds is 3. The zero-order chi connectivity index (χ0) is 10.7. The van der Waals surface area contributed by atoms with Gasteiger partial charge in [0.25, 0.3) is 0 Å². The molecule has 0 radical (unpaired) electrons. The molecule has 0 saturated heterocycles. The van der Waals surface area contributed by atoms with Crippen LogP contribution in [0.4, 0.5) is 4.39 Å². The second-order valence-electron chi connectivity index (χ2n) is 3.43. The van der Waals surface area contributed by atoms with Crippen LogP contribution in [0.5, 0.6) is 5.75 Å². The fourth-order valence-electron chi connectivity index (χ4n) is 1.42. The minimum atomic E-state index is -0.456. The molecule has 0 aliphatic rings. The van der Waals surface area contributed by atoms with Crippen LogP contribution < -0.4 is 0 Å². The molecule has 14 heavy (non-hydrogen) atoms. The summed E-state index contributed by atoms with van der Waals surface area (Å²) in [5.41, 5.74) is 0.858. The lowest BCUT2D eigenvalue weighted by Gasteiger charge is -2.13. The van der Waals surface area contributed by atoms with Crippen molar-refractivity contribution < 1.29 is 14.3 Å². The largest absolute Gasteiger partial charge is 0.507 e. The molecular weight excluding hydrogens is 183 g/mol. The van der Waals surface area contributed by atoms with E-state index in [1.165, 1.54) is 12.1 Å². The van der Waals surface area contributed by atoms with E-state index in [1.54, 1.807) is 13.8 Å². The number of aldehydes is 1. The molecule has 1 N–H and O–H groups in total. The molecule has 0 saturated carbocycles. The van der Waals surface area contributed by atoms with E-state index in [0.717, 1.165) is 6.29 Å². The van der Waals surface area contributed by atoms with Crippen molar-refractivity contribution >= 4 is 6.29 Å². The molecule has 1 aromatic rings. The molecule has 0 aliphatic carbocycles. The lowest BCUT2D eigenvalue weighted by Crippen LogP contribution is -1.99. The van der Waals surface area contributed by atoms with Gasteiger partial charge in [0.15, 0.2) is 0 Å². The lowest BCUT2D eigenvalue weighted by molar-refractivity contribution is -0.108. The molecule has 2 nitrogen and oxygen atoms in total. The summed E-state index contributed by atoms with van der Waals surface area (Å²) in [5, 5.41) is 9.62. The summed E-state index contributed by atoms with van der Waals surface area (Å²) in [6, 6.07) is 2.83. The molecule has 1 rings (SSSR count). The Balaban J connectivity index is 3.17. The molecule has 0 aromatic heterocycles.